The summed E-state index contributed by atoms with van der Waals surface area (Å²) in [5.74, 6) is 0.456. The van der Waals surface area contributed by atoms with Crippen LogP contribution < -0.4 is 4.74 Å². The van der Waals surface area contributed by atoms with Gasteiger partial charge in [0.2, 0.25) is 0 Å². The van der Waals surface area contributed by atoms with Gasteiger partial charge in [0.15, 0.2) is 0 Å². The van der Waals surface area contributed by atoms with Crippen LogP contribution in [0.15, 0.2) is 18.2 Å². The summed E-state index contributed by atoms with van der Waals surface area (Å²) in [4.78, 5) is 0. The van der Waals surface area contributed by atoms with E-state index < -0.39 is 16.2 Å². The summed E-state index contributed by atoms with van der Waals surface area (Å²) in [6, 6.07) is 6.27. The van der Waals surface area contributed by atoms with Crippen molar-refractivity contribution in [2.45, 2.75) is 104 Å². The number of hydrogen-bond donors (Lipinski definition) is 1. The molecule has 28 heavy (non-hydrogen) atoms. The Balaban J connectivity index is 2.82. The van der Waals surface area contributed by atoms with Gasteiger partial charge in [-0.15, -0.1) is 0 Å². The van der Waals surface area contributed by atoms with E-state index in [1.54, 1.807) is 6.92 Å². The monoisotopic (exact) mass is 412 g/mol. The van der Waals surface area contributed by atoms with E-state index in [4.69, 9.17) is 9.29 Å². The molecule has 0 aliphatic rings. The van der Waals surface area contributed by atoms with Crippen molar-refractivity contribution in [1.29, 1.82) is 0 Å². The van der Waals surface area contributed by atoms with Crippen LogP contribution in [-0.4, -0.2) is 24.8 Å². The molecule has 0 heterocycles. The fourth-order valence-electron chi connectivity index (χ4n) is 3.55. The van der Waals surface area contributed by atoms with Crippen LogP contribution >= 0.6 is 0 Å². The summed E-state index contributed by atoms with van der Waals surface area (Å²) in [6.45, 7) is 6.13. The van der Waals surface area contributed by atoms with Gasteiger partial charge in [0.1, 0.15) is 17.6 Å². The van der Waals surface area contributed by atoms with E-state index in [2.05, 4.69) is 32.0 Å². The van der Waals surface area contributed by atoms with E-state index in [-0.39, 0.29) is 5.75 Å². The molecule has 1 rings (SSSR count). The fraction of sp³-hybridized carbons (Fsp3) is 0.739. The highest BCUT2D eigenvalue weighted by Gasteiger charge is 2.17. The molecule has 0 radical (unpaired) electrons. The third-order valence-corrected chi connectivity index (χ3v) is 5.93. The Morgan fingerprint density at radius 2 is 1.32 bits per heavy atom. The number of rotatable bonds is 16. The molecule has 0 aliphatic heterocycles. The molecule has 0 spiro atoms. The Morgan fingerprint density at radius 1 is 0.857 bits per heavy atom. The van der Waals surface area contributed by atoms with Gasteiger partial charge in [0.05, 0.1) is 0 Å². The molecule has 1 unspecified atom stereocenters. The van der Waals surface area contributed by atoms with E-state index in [0.717, 1.165) is 42.6 Å². The first kappa shape index (κ1) is 25.0. The maximum Gasteiger partial charge on any atom is 0.268 e. The number of benzene rings is 1. The van der Waals surface area contributed by atoms with Crippen LogP contribution in [0.5, 0.6) is 5.75 Å². The lowest BCUT2D eigenvalue weighted by molar-refractivity contribution is 0.236. The van der Waals surface area contributed by atoms with Crippen molar-refractivity contribution >= 4 is 10.1 Å². The Kier molecular flexibility index (Phi) is 12.5. The quantitative estimate of drug-likeness (QED) is 0.253. The first-order chi connectivity index (χ1) is 13.4. The van der Waals surface area contributed by atoms with E-state index in [9.17, 15) is 8.42 Å². The summed E-state index contributed by atoms with van der Waals surface area (Å²) < 4.78 is 37.7. The number of para-hydroxylation sites is 1. The normalized spacial score (nSPS) is 12.9. The standard InChI is InChI=1S/C23H40O4S/c1-4-6-8-10-12-15-21-17-14-18-22(16-13-11-9-7-5-2)23(21)27-20(3)19-28(24,25)26/h14,17-18,20H,4-13,15-16,19H2,1-3H3,(H,24,25,26). The van der Waals surface area contributed by atoms with Crippen LogP contribution in [-0.2, 0) is 23.0 Å². The predicted octanol–water partition coefficient (Wildman–Crippen LogP) is 6.37. The zero-order chi connectivity index (χ0) is 20.8. The zero-order valence-corrected chi connectivity index (χ0v) is 18.9. The summed E-state index contributed by atoms with van der Waals surface area (Å²) in [5, 5.41) is 0. The fourth-order valence-corrected chi connectivity index (χ4v) is 4.21. The van der Waals surface area contributed by atoms with Gasteiger partial charge in [-0.25, -0.2) is 0 Å². The third-order valence-electron chi connectivity index (χ3n) is 5.04. The molecule has 0 aromatic heterocycles. The van der Waals surface area contributed by atoms with Crippen LogP contribution in [0.2, 0.25) is 0 Å². The van der Waals surface area contributed by atoms with Gasteiger partial charge >= 0.3 is 0 Å². The molecule has 1 aromatic carbocycles. The van der Waals surface area contributed by atoms with Gasteiger partial charge in [-0.05, 0) is 43.7 Å². The second-order valence-electron chi connectivity index (χ2n) is 7.91. The Labute approximate surface area is 172 Å². The number of hydrogen-bond acceptors (Lipinski definition) is 3. The number of unbranched alkanes of at least 4 members (excludes halogenated alkanes) is 8. The molecular formula is C23H40O4S. The van der Waals surface area contributed by atoms with E-state index >= 15 is 0 Å². The van der Waals surface area contributed by atoms with Gasteiger partial charge in [-0.1, -0.05) is 83.4 Å². The smallest absolute Gasteiger partial charge is 0.268 e. The van der Waals surface area contributed by atoms with Gasteiger partial charge in [-0.2, -0.15) is 8.42 Å². The first-order valence-electron chi connectivity index (χ1n) is 11.1. The molecule has 0 fully saturated rings. The Morgan fingerprint density at radius 3 is 1.75 bits per heavy atom. The Hall–Kier alpha value is -1.07. The van der Waals surface area contributed by atoms with E-state index in [0.29, 0.717) is 0 Å². The van der Waals surface area contributed by atoms with Crippen molar-refractivity contribution < 1.29 is 17.7 Å². The Bertz CT molecular complexity index is 608. The highest BCUT2D eigenvalue weighted by Crippen LogP contribution is 2.29. The van der Waals surface area contributed by atoms with Gasteiger partial charge in [0, 0.05) is 0 Å². The maximum absolute atomic E-state index is 11.2. The molecule has 0 bridgehead atoms. The summed E-state index contributed by atoms with van der Waals surface area (Å²) >= 11 is 0. The van der Waals surface area contributed by atoms with Crippen LogP contribution in [0.4, 0.5) is 0 Å². The lowest BCUT2D eigenvalue weighted by atomic mass is 9.98. The molecule has 1 atom stereocenters. The van der Waals surface area contributed by atoms with Crippen molar-refractivity contribution in [2.75, 3.05) is 5.75 Å². The van der Waals surface area contributed by atoms with Crippen molar-refractivity contribution in [2.24, 2.45) is 0 Å². The van der Waals surface area contributed by atoms with Crippen molar-refractivity contribution in [3.8, 4) is 5.75 Å². The van der Waals surface area contributed by atoms with Crippen LogP contribution in [0.25, 0.3) is 0 Å². The molecule has 162 valence electrons. The molecule has 0 saturated carbocycles. The average Bonchev–Trinajstić information content (AvgIpc) is 2.61. The minimum atomic E-state index is -4.05. The van der Waals surface area contributed by atoms with Crippen molar-refractivity contribution in [1.82, 2.24) is 0 Å². The van der Waals surface area contributed by atoms with Gasteiger partial charge < -0.3 is 4.74 Å². The van der Waals surface area contributed by atoms with E-state index in [1.807, 2.05) is 0 Å². The minimum absolute atomic E-state index is 0.381. The number of aryl methyl sites for hydroxylation is 2. The van der Waals surface area contributed by atoms with Crippen LogP contribution in [0.3, 0.4) is 0 Å². The van der Waals surface area contributed by atoms with Crippen molar-refractivity contribution in [3.63, 3.8) is 0 Å². The molecule has 0 amide bonds. The van der Waals surface area contributed by atoms with Crippen LogP contribution in [0, 0.1) is 0 Å². The SMILES string of the molecule is CCCCCCCc1cccc(CCCCCCC)c1OC(C)CS(=O)(=O)O. The maximum atomic E-state index is 11.2. The molecule has 1 aromatic rings. The second kappa shape index (κ2) is 14.0. The number of ether oxygens (including phenoxy) is 1. The topological polar surface area (TPSA) is 63.6 Å². The molecule has 0 aliphatic carbocycles. The lowest BCUT2D eigenvalue weighted by Gasteiger charge is -2.20. The lowest BCUT2D eigenvalue weighted by Crippen LogP contribution is -2.24. The largest absolute Gasteiger partial charge is 0.489 e. The average molecular weight is 413 g/mol. The summed E-state index contributed by atoms with van der Waals surface area (Å²) in [7, 11) is -4.05. The third kappa shape index (κ3) is 11.1. The van der Waals surface area contributed by atoms with Gasteiger partial charge in [0.25, 0.3) is 10.1 Å². The predicted molar refractivity (Wildman–Crippen MR) is 118 cm³/mol. The first-order valence-corrected chi connectivity index (χ1v) is 12.7. The second-order valence-corrected chi connectivity index (χ2v) is 9.41. The summed E-state index contributed by atoms with van der Waals surface area (Å²) in [5.41, 5.74) is 2.31. The molecule has 5 heteroatoms. The minimum Gasteiger partial charge on any atom is -0.489 e. The van der Waals surface area contributed by atoms with Crippen LogP contribution in [0.1, 0.15) is 96.1 Å². The molecule has 4 nitrogen and oxygen atoms in total. The van der Waals surface area contributed by atoms with Crippen molar-refractivity contribution in [3.05, 3.63) is 29.3 Å². The zero-order valence-electron chi connectivity index (χ0n) is 18.1. The van der Waals surface area contributed by atoms with E-state index in [1.165, 1.54) is 51.4 Å². The highest BCUT2D eigenvalue weighted by atomic mass is 32.2. The molecule has 1 N–H and O–H groups in total. The highest BCUT2D eigenvalue weighted by molar-refractivity contribution is 7.85. The molecule has 0 saturated heterocycles. The molecular weight excluding hydrogens is 372 g/mol. The van der Waals surface area contributed by atoms with Gasteiger partial charge in [-0.3, -0.25) is 4.55 Å². The summed E-state index contributed by atoms with van der Waals surface area (Å²) in [6.07, 6.45) is 13.5.